The number of hydrogen-bond donors (Lipinski definition) is 1. The van der Waals surface area contributed by atoms with E-state index in [0.29, 0.717) is 0 Å². The number of anilines is 1. The average molecular weight is 279 g/mol. The van der Waals surface area contributed by atoms with Gasteiger partial charge in [-0.1, -0.05) is 30.3 Å². The highest BCUT2D eigenvalue weighted by Crippen LogP contribution is 2.22. The summed E-state index contributed by atoms with van der Waals surface area (Å²) in [5, 5.41) is 12.1. The number of nitrogens with two attached hydrogens (primary N) is 1. The van der Waals surface area contributed by atoms with Crippen molar-refractivity contribution in [3.05, 3.63) is 59.7 Å². The Morgan fingerprint density at radius 3 is 2.67 bits per heavy atom. The van der Waals surface area contributed by atoms with Crippen LogP contribution in [0.15, 0.2) is 48.5 Å². The van der Waals surface area contributed by atoms with Crippen LogP contribution >= 0.6 is 0 Å². The van der Waals surface area contributed by atoms with Gasteiger partial charge in [0.05, 0.1) is 0 Å². The summed E-state index contributed by atoms with van der Waals surface area (Å²) in [6.07, 6.45) is 0.896. The third-order valence-corrected chi connectivity index (χ3v) is 3.48. The number of aryl methyl sites for hydroxylation is 3. The van der Waals surface area contributed by atoms with Gasteiger partial charge < -0.3 is 5.73 Å². The summed E-state index contributed by atoms with van der Waals surface area (Å²) < 4.78 is 1.84. The Hall–Kier alpha value is -2.69. The van der Waals surface area contributed by atoms with Crippen molar-refractivity contribution in [3.63, 3.8) is 0 Å². The Labute approximate surface area is 123 Å². The first-order valence-electron chi connectivity index (χ1n) is 6.90. The molecule has 3 aromatic rings. The summed E-state index contributed by atoms with van der Waals surface area (Å²) in [7, 11) is 0. The van der Waals surface area contributed by atoms with Crippen molar-refractivity contribution >= 4 is 5.69 Å². The van der Waals surface area contributed by atoms with Crippen molar-refractivity contribution in [2.45, 2.75) is 19.9 Å². The molecule has 5 heteroatoms. The van der Waals surface area contributed by atoms with Gasteiger partial charge in [0.2, 0.25) is 0 Å². The molecule has 0 spiro atoms. The van der Waals surface area contributed by atoms with E-state index in [2.05, 4.69) is 27.7 Å². The topological polar surface area (TPSA) is 69.6 Å². The fraction of sp³-hybridized carbons (Fsp3) is 0.188. The van der Waals surface area contributed by atoms with Crippen LogP contribution in [0.1, 0.15) is 11.1 Å². The lowest BCUT2D eigenvalue weighted by molar-refractivity contribution is 0.593. The summed E-state index contributed by atoms with van der Waals surface area (Å²) in [6, 6.07) is 16.1. The number of nitrogen functional groups attached to an aromatic ring is 1. The summed E-state index contributed by atoms with van der Waals surface area (Å²) in [4.78, 5) is 0. The van der Waals surface area contributed by atoms with Crippen molar-refractivity contribution in [2.24, 2.45) is 0 Å². The molecule has 0 aliphatic carbocycles. The molecule has 1 aromatic heterocycles. The molecule has 0 amide bonds. The smallest absolute Gasteiger partial charge is 0.182 e. The molecule has 2 N–H and O–H groups in total. The summed E-state index contributed by atoms with van der Waals surface area (Å²) in [5.41, 5.74) is 9.91. The first-order chi connectivity index (χ1) is 10.2. The minimum absolute atomic E-state index is 0.746. The quantitative estimate of drug-likeness (QED) is 0.745. The number of rotatable bonds is 4. The molecule has 3 rings (SSSR count). The molecule has 0 aliphatic rings. The van der Waals surface area contributed by atoms with Gasteiger partial charge in [0.25, 0.3) is 0 Å². The van der Waals surface area contributed by atoms with E-state index in [0.717, 1.165) is 35.6 Å². The minimum Gasteiger partial charge on any atom is -0.399 e. The molecule has 0 radical (unpaired) electrons. The molecule has 0 saturated heterocycles. The molecule has 0 bridgehead atoms. The highest BCUT2D eigenvalue weighted by atomic mass is 15.5. The Kier molecular flexibility index (Phi) is 3.64. The van der Waals surface area contributed by atoms with Gasteiger partial charge in [-0.2, -0.15) is 0 Å². The van der Waals surface area contributed by atoms with Crippen molar-refractivity contribution in [2.75, 3.05) is 5.73 Å². The molecule has 2 aromatic carbocycles. The lowest BCUT2D eigenvalue weighted by Gasteiger charge is -2.08. The highest BCUT2D eigenvalue weighted by Gasteiger charge is 2.11. The van der Waals surface area contributed by atoms with E-state index in [-0.39, 0.29) is 0 Å². The number of hydrogen-bond acceptors (Lipinski definition) is 4. The number of benzene rings is 2. The second kappa shape index (κ2) is 5.75. The highest BCUT2D eigenvalue weighted by molar-refractivity contribution is 5.63. The van der Waals surface area contributed by atoms with Crippen molar-refractivity contribution in [1.29, 1.82) is 0 Å². The second-order valence-corrected chi connectivity index (χ2v) is 5.04. The number of tetrazole rings is 1. The zero-order chi connectivity index (χ0) is 14.7. The first-order valence-corrected chi connectivity index (χ1v) is 6.90. The minimum atomic E-state index is 0.746. The molecule has 1 heterocycles. The van der Waals surface area contributed by atoms with Crippen molar-refractivity contribution < 1.29 is 0 Å². The number of aromatic nitrogens is 4. The monoisotopic (exact) mass is 279 g/mol. The summed E-state index contributed by atoms with van der Waals surface area (Å²) in [5.74, 6) is 0.781. The lowest BCUT2D eigenvalue weighted by Crippen LogP contribution is -2.06. The van der Waals surface area contributed by atoms with Crippen LogP contribution in [-0.2, 0) is 13.0 Å². The average Bonchev–Trinajstić information content (AvgIpc) is 2.94. The van der Waals surface area contributed by atoms with Gasteiger partial charge in [0, 0.05) is 17.8 Å². The van der Waals surface area contributed by atoms with E-state index >= 15 is 0 Å². The fourth-order valence-electron chi connectivity index (χ4n) is 2.37. The molecule has 0 aliphatic heterocycles. The maximum absolute atomic E-state index is 5.80. The van der Waals surface area contributed by atoms with Gasteiger partial charge in [-0.15, -0.1) is 5.10 Å². The van der Waals surface area contributed by atoms with Crippen molar-refractivity contribution in [3.8, 4) is 11.4 Å². The van der Waals surface area contributed by atoms with Crippen LogP contribution < -0.4 is 5.73 Å². The van der Waals surface area contributed by atoms with Gasteiger partial charge >= 0.3 is 0 Å². The SMILES string of the molecule is Cc1cc(N)ccc1-c1nnnn1CCc1ccccc1. The van der Waals surface area contributed by atoms with Crippen LogP contribution in [0, 0.1) is 6.92 Å². The van der Waals surface area contributed by atoms with Crippen LogP contribution in [0.25, 0.3) is 11.4 Å². The molecular formula is C16H17N5. The fourth-order valence-corrected chi connectivity index (χ4v) is 2.37. The molecular weight excluding hydrogens is 262 g/mol. The van der Waals surface area contributed by atoms with Gasteiger partial charge in [-0.05, 0) is 53.1 Å². The molecule has 5 nitrogen and oxygen atoms in total. The third-order valence-electron chi connectivity index (χ3n) is 3.48. The lowest BCUT2D eigenvalue weighted by atomic mass is 10.1. The zero-order valence-electron chi connectivity index (χ0n) is 11.9. The largest absolute Gasteiger partial charge is 0.399 e. The summed E-state index contributed by atoms with van der Waals surface area (Å²) >= 11 is 0. The Balaban J connectivity index is 1.84. The number of nitrogens with zero attached hydrogens (tertiary/aromatic N) is 4. The van der Waals surface area contributed by atoms with Crippen LogP contribution in [-0.4, -0.2) is 20.2 Å². The Bertz CT molecular complexity index is 733. The first kappa shape index (κ1) is 13.3. The molecule has 0 atom stereocenters. The molecule has 21 heavy (non-hydrogen) atoms. The van der Waals surface area contributed by atoms with Crippen LogP contribution in [0.5, 0.6) is 0 Å². The Morgan fingerprint density at radius 2 is 1.90 bits per heavy atom. The Morgan fingerprint density at radius 1 is 1.10 bits per heavy atom. The molecule has 0 saturated carbocycles. The zero-order valence-corrected chi connectivity index (χ0v) is 11.9. The van der Waals surface area contributed by atoms with Crippen LogP contribution in [0.4, 0.5) is 5.69 Å². The van der Waals surface area contributed by atoms with E-state index in [4.69, 9.17) is 5.73 Å². The predicted molar refractivity (Wildman–Crippen MR) is 82.5 cm³/mol. The van der Waals surface area contributed by atoms with Gasteiger partial charge in [0.15, 0.2) is 5.82 Å². The van der Waals surface area contributed by atoms with Gasteiger partial charge in [0.1, 0.15) is 0 Å². The normalized spacial score (nSPS) is 10.7. The summed E-state index contributed by atoms with van der Waals surface area (Å²) in [6.45, 7) is 2.76. The second-order valence-electron chi connectivity index (χ2n) is 5.04. The third kappa shape index (κ3) is 2.91. The van der Waals surface area contributed by atoms with E-state index in [9.17, 15) is 0 Å². The molecule has 0 unspecified atom stereocenters. The molecule has 0 fully saturated rings. The van der Waals surface area contributed by atoms with E-state index in [1.54, 1.807) is 0 Å². The van der Waals surface area contributed by atoms with Gasteiger partial charge in [-0.25, -0.2) is 4.68 Å². The maximum Gasteiger partial charge on any atom is 0.182 e. The van der Waals surface area contributed by atoms with Gasteiger partial charge in [-0.3, -0.25) is 0 Å². The van der Waals surface area contributed by atoms with E-state index in [1.807, 2.05) is 48.0 Å². The van der Waals surface area contributed by atoms with Crippen LogP contribution in [0.2, 0.25) is 0 Å². The predicted octanol–water partition coefficient (Wildman–Crippen LogP) is 2.47. The standard InChI is InChI=1S/C16H17N5/c1-12-11-14(17)7-8-15(12)16-18-19-20-21(16)10-9-13-5-3-2-4-6-13/h2-8,11H,9-10,17H2,1H3. The van der Waals surface area contributed by atoms with Crippen LogP contribution in [0.3, 0.4) is 0 Å². The van der Waals surface area contributed by atoms with E-state index < -0.39 is 0 Å². The molecule has 106 valence electrons. The van der Waals surface area contributed by atoms with Crippen molar-refractivity contribution in [1.82, 2.24) is 20.2 Å². The maximum atomic E-state index is 5.80. The van der Waals surface area contributed by atoms with E-state index in [1.165, 1.54) is 5.56 Å².